The van der Waals surface area contributed by atoms with E-state index in [1.165, 1.54) is 0 Å². The molecule has 0 aromatic heterocycles. The molecule has 2 aromatic rings. The van der Waals surface area contributed by atoms with Crippen LogP contribution in [0.1, 0.15) is 30.6 Å². The third kappa shape index (κ3) is 4.33. The van der Waals surface area contributed by atoms with Crippen molar-refractivity contribution in [3.8, 4) is 11.5 Å². The number of carbonyl (C=O) groups is 1. The first kappa shape index (κ1) is 19.3. The van der Waals surface area contributed by atoms with Crippen LogP contribution in [0.2, 0.25) is 0 Å². The number of hydrogen-bond donors (Lipinski definition) is 1. The number of halogens is 1. The lowest BCUT2D eigenvalue weighted by Gasteiger charge is -2.42. The maximum atomic E-state index is 13.0. The zero-order valence-electron chi connectivity index (χ0n) is 14.6. The number of ether oxygens (including phenoxy) is 1. The third-order valence-electron chi connectivity index (χ3n) is 4.69. The predicted molar refractivity (Wildman–Crippen MR) is 102 cm³/mol. The maximum Gasteiger partial charge on any atom is 0.257 e. The molecule has 1 unspecified atom stereocenters. The van der Waals surface area contributed by atoms with Crippen molar-refractivity contribution in [1.29, 1.82) is 0 Å². The molecule has 4 nitrogen and oxygen atoms in total. The quantitative estimate of drug-likeness (QED) is 0.896. The van der Waals surface area contributed by atoms with Gasteiger partial charge < -0.3 is 15.4 Å². The van der Waals surface area contributed by atoms with Crippen molar-refractivity contribution in [2.75, 3.05) is 13.1 Å². The molecule has 1 aliphatic heterocycles. The summed E-state index contributed by atoms with van der Waals surface area (Å²) in [7, 11) is 0. The summed E-state index contributed by atoms with van der Waals surface area (Å²) >= 11 is 0. The van der Waals surface area contributed by atoms with E-state index in [9.17, 15) is 4.79 Å². The number of para-hydroxylation sites is 2. The molecule has 0 spiro atoms. The largest absolute Gasteiger partial charge is 0.457 e. The molecule has 1 aliphatic rings. The molecule has 25 heavy (non-hydrogen) atoms. The second-order valence-corrected chi connectivity index (χ2v) is 7.02. The van der Waals surface area contributed by atoms with Crippen molar-refractivity contribution in [2.24, 2.45) is 11.1 Å². The monoisotopic (exact) mass is 360 g/mol. The number of rotatable bonds is 3. The van der Waals surface area contributed by atoms with Gasteiger partial charge >= 0.3 is 0 Å². The van der Waals surface area contributed by atoms with Crippen LogP contribution in [0.15, 0.2) is 54.6 Å². The van der Waals surface area contributed by atoms with Crippen molar-refractivity contribution >= 4 is 18.3 Å². The highest BCUT2D eigenvalue weighted by atomic mass is 35.5. The third-order valence-corrected chi connectivity index (χ3v) is 4.69. The van der Waals surface area contributed by atoms with Crippen LogP contribution in [0.3, 0.4) is 0 Å². The molecule has 1 saturated heterocycles. The molecule has 2 N–H and O–H groups in total. The molecule has 0 bridgehead atoms. The minimum absolute atomic E-state index is 0. The number of nitrogens with zero attached hydrogens (tertiary/aromatic N) is 1. The van der Waals surface area contributed by atoms with E-state index in [1.54, 1.807) is 0 Å². The van der Waals surface area contributed by atoms with E-state index in [0.29, 0.717) is 24.4 Å². The first-order valence-corrected chi connectivity index (χ1v) is 8.34. The molecule has 0 radical (unpaired) electrons. The Morgan fingerprint density at radius 2 is 1.76 bits per heavy atom. The molecule has 5 heteroatoms. The Bertz CT molecular complexity index is 719. The van der Waals surface area contributed by atoms with Crippen LogP contribution in [-0.2, 0) is 0 Å². The summed E-state index contributed by atoms with van der Waals surface area (Å²) in [5.74, 6) is 1.31. The Morgan fingerprint density at radius 1 is 1.12 bits per heavy atom. The molecule has 2 aromatic carbocycles. The van der Waals surface area contributed by atoms with Crippen LogP contribution < -0.4 is 10.5 Å². The highest BCUT2D eigenvalue weighted by Crippen LogP contribution is 2.31. The highest BCUT2D eigenvalue weighted by molar-refractivity contribution is 5.97. The Labute approximate surface area is 155 Å². The lowest BCUT2D eigenvalue weighted by atomic mass is 9.79. The summed E-state index contributed by atoms with van der Waals surface area (Å²) in [5.41, 5.74) is 6.69. The van der Waals surface area contributed by atoms with Gasteiger partial charge in [-0.15, -0.1) is 12.4 Å². The van der Waals surface area contributed by atoms with Crippen molar-refractivity contribution in [3.05, 3.63) is 60.2 Å². The molecule has 0 saturated carbocycles. The summed E-state index contributed by atoms with van der Waals surface area (Å²) in [6.07, 6.45) is 0.820. The number of benzene rings is 2. The fourth-order valence-electron chi connectivity index (χ4n) is 3.07. The van der Waals surface area contributed by atoms with E-state index in [1.807, 2.05) is 59.5 Å². The Hall–Kier alpha value is -2.04. The Balaban J connectivity index is 0.00000225. The van der Waals surface area contributed by atoms with Gasteiger partial charge in [0.15, 0.2) is 0 Å². The predicted octanol–water partition coefficient (Wildman–Crippen LogP) is 4.10. The number of hydrogen-bond acceptors (Lipinski definition) is 3. The van der Waals surface area contributed by atoms with Crippen LogP contribution in [-0.4, -0.2) is 29.9 Å². The smallest absolute Gasteiger partial charge is 0.257 e. The zero-order chi connectivity index (χ0) is 17.2. The summed E-state index contributed by atoms with van der Waals surface area (Å²) in [6.45, 7) is 5.57. The van der Waals surface area contributed by atoms with Gasteiger partial charge in [0.25, 0.3) is 5.91 Å². The van der Waals surface area contributed by atoms with Gasteiger partial charge in [-0.3, -0.25) is 4.79 Å². The second-order valence-electron chi connectivity index (χ2n) is 7.02. The van der Waals surface area contributed by atoms with Crippen LogP contribution in [0, 0.1) is 5.41 Å². The first-order valence-electron chi connectivity index (χ1n) is 8.34. The van der Waals surface area contributed by atoms with Crippen LogP contribution in [0.5, 0.6) is 11.5 Å². The fraction of sp³-hybridized carbons (Fsp3) is 0.350. The molecule has 1 heterocycles. The highest BCUT2D eigenvalue weighted by Gasteiger charge is 2.36. The van der Waals surface area contributed by atoms with Crippen molar-refractivity contribution in [3.63, 3.8) is 0 Å². The van der Waals surface area contributed by atoms with Gasteiger partial charge in [-0.2, -0.15) is 0 Å². The van der Waals surface area contributed by atoms with Crippen LogP contribution in [0.25, 0.3) is 0 Å². The second kappa shape index (κ2) is 7.89. The molecule has 0 aliphatic carbocycles. The van der Waals surface area contributed by atoms with Crippen molar-refractivity contribution in [2.45, 2.75) is 26.3 Å². The molecular weight excluding hydrogens is 336 g/mol. The van der Waals surface area contributed by atoms with Crippen LogP contribution in [0.4, 0.5) is 0 Å². The van der Waals surface area contributed by atoms with Gasteiger partial charge in [-0.25, -0.2) is 0 Å². The summed E-state index contributed by atoms with van der Waals surface area (Å²) in [4.78, 5) is 14.9. The van der Waals surface area contributed by atoms with Gasteiger partial charge in [0.1, 0.15) is 11.5 Å². The Morgan fingerprint density at radius 3 is 2.44 bits per heavy atom. The standard InChI is InChI=1S/C20H24N2O2.ClH/c1-20(2)14-22(13-12-18(20)21)19(23)16-10-6-7-11-17(16)24-15-8-4-3-5-9-15;/h3-11,18H,12-14,21H2,1-2H3;1H. The average Bonchev–Trinajstić information content (AvgIpc) is 2.58. The minimum Gasteiger partial charge on any atom is -0.457 e. The van der Waals surface area contributed by atoms with Gasteiger partial charge in [0, 0.05) is 19.1 Å². The fourth-order valence-corrected chi connectivity index (χ4v) is 3.07. The first-order chi connectivity index (χ1) is 11.5. The summed E-state index contributed by atoms with van der Waals surface area (Å²) < 4.78 is 5.92. The van der Waals surface area contributed by atoms with E-state index in [2.05, 4.69) is 13.8 Å². The lowest BCUT2D eigenvalue weighted by Crippen LogP contribution is -2.54. The number of amides is 1. The summed E-state index contributed by atoms with van der Waals surface area (Å²) in [5, 5.41) is 0. The van der Waals surface area contributed by atoms with Gasteiger partial charge in [-0.1, -0.05) is 44.2 Å². The van der Waals surface area contributed by atoms with Gasteiger partial charge in [0.05, 0.1) is 5.56 Å². The average molecular weight is 361 g/mol. The molecule has 3 rings (SSSR count). The molecule has 1 fully saturated rings. The van der Waals surface area contributed by atoms with E-state index < -0.39 is 0 Å². The van der Waals surface area contributed by atoms with Crippen molar-refractivity contribution in [1.82, 2.24) is 4.90 Å². The number of carbonyl (C=O) groups excluding carboxylic acids is 1. The zero-order valence-corrected chi connectivity index (χ0v) is 15.5. The maximum absolute atomic E-state index is 13.0. The number of likely N-dealkylation sites (tertiary alicyclic amines) is 1. The molecule has 1 amide bonds. The van der Waals surface area contributed by atoms with E-state index >= 15 is 0 Å². The topological polar surface area (TPSA) is 55.6 Å². The van der Waals surface area contributed by atoms with Crippen LogP contribution >= 0.6 is 12.4 Å². The number of nitrogens with two attached hydrogens (primary N) is 1. The molecular formula is C20H25ClN2O2. The SMILES string of the molecule is CC1(C)CN(C(=O)c2ccccc2Oc2ccccc2)CCC1N.Cl. The molecule has 134 valence electrons. The van der Waals surface area contributed by atoms with E-state index in [0.717, 1.165) is 12.2 Å². The minimum atomic E-state index is -0.0802. The van der Waals surface area contributed by atoms with E-state index in [-0.39, 0.29) is 29.8 Å². The normalized spacial score (nSPS) is 19.0. The summed E-state index contributed by atoms with van der Waals surface area (Å²) in [6, 6.07) is 17.0. The molecule has 1 atom stereocenters. The van der Waals surface area contributed by atoms with Gasteiger partial charge in [-0.05, 0) is 36.1 Å². The lowest BCUT2D eigenvalue weighted by molar-refractivity contribution is 0.0530. The Kier molecular flexibility index (Phi) is 6.09. The number of piperidine rings is 1. The van der Waals surface area contributed by atoms with Gasteiger partial charge in [0.2, 0.25) is 0 Å². The van der Waals surface area contributed by atoms with E-state index in [4.69, 9.17) is 10.5 Å². The van der Waals surface area contributed by atoms with Crippen molar-refractivity contribution < 1.29 is 9.53 Å².